The number of rotatable bonds is 8. The molecule has 4 fully saturated rings. The van der Waals surface area contributed by atoms with E-state index in [0.717, 1.165) is 55.6 Å². The van der Waals surface area contributed by atoms with E-state index in [-0.39, 0.29) is 6.04 Å². The van der Waals surface area contributed by atoms with Crippen LogP contribution in [-0.4, -0.2) is 67.7 Å². The molecule has 176 valence electrons. The highest BCUT2D eigenvalue weighted by atomic mass is 16.5. The minimum absolute atomic E-state index is 0.0313. The van der Waals surface area contributed by atoms with Crippen LogP contribution in [0.3, 0.4) is 0 Å². The highest BCUT2D eigenvalue weighted by Crippen LogP contribution is 2.39. The molecule has 0 spiro atoms. The number of hydrogen-bond acceptors (Lipinski definition) is 5. The number of carbonyl (C=O) groups is 1. The van der Waals surface area contributed by atoms with E-state index in [1.54, 1.807) is 14.2 Å². The van der Waals surface area contributed by atoms with Crippen LogP contribution < -0.4 is 14.8 Å². The van der Waals surface area contributed by atoms with Crippen molar-refractivity contribution in [1.82, 2.24) is 15.1 Å². The van der Waals surface area contributed by atoms with Gasteiger partial charge in [0.25, 0.3) is 0 Å². The summed E-state index contributed by atoms with van der Waals surface area (Å²) in [6.07, 6.45) is 9.96. The van der Waals surface area contributed by atoms with Crippen molar-refractivity contribution in [3.05, 3.63) is 23.8 Å². The third-order valence-corrected chi connectivity index (χ3v) is 8.26. The predicted molar refractivity (Wildman–Crippen MR) is 125 cm³/mol. The number of nitrogens with zero attached hydrogens (tertiary/aromatic N) is 2. The summed E-state index contributed by atoms with van der Waals surface area (Å²) in [5, 5.41) is 3.43. The van der Waals surface area contributed by atoms with Crippen LogP contribution in [0, 0.1) is 11.8 Å². The maximum Gasteiger partial charge on any atom is 0.240 e. The Bertz CT molecular complexity index is 806. The van der Waals surface area contributed by atoms with E-state index in [1.165, 1.54) is 44.9 Å². The van der Waals surface area contributed by atoms with Crippen molar-refractivity contribution in [3.63, 3.8) is 0 Å². The van der Waals surface area contributed by atoms with E-state index >= 15 is 0 Å². The Kier molecular flexibility index (Phi) is 6.61. The molecule has 0 unspecified atom stereocenters. The molecule has 2 saturated carbocycles. The molecule has 3 atom stereocenters. The van der Waals surface area contributed by atoms with Crippen LogP contribution in [0.1, 0.15) is 56.9 Å². The molecule has 32 heavy (non-hydrogen) atoms. The van der Waals surface area contributed by atoms with Crippen molar-refractivity contribution in [2.75, 3.05) is 33.9 Å². The number of fused-ring (bicyclic) bond motifs is 1. The Morgan fingerprint density at radius 1 is 1.09 bits per heavy atom. The van der Waals surface area contributed by atoms with Crippen LogP contribution in [-0.2, 0) is 11.3 Å². The number of hydrogen-bond donors (Lipinski definition) is 1. The smallest absolute Gasteiger partial charge is 0.240 e. The monoisotopic (exact) mass is 441 g/mol. The van der Waals surface area contributed by atoms with Gasteiger partial charge in [-0.25, -0.2) is 0 Å². The highest BCUT2D eigenvalue weighted by Gasteiger charge is 2.47. The fourth-order valence-electron chi connectivity index (χ4n) is 6.26. The van der Waals surface area contributed by atoms with Crippen molar-refractivity contribution >= 4 is 5.91 Å². The van der Waals surface area contributed by atoms with Gasteiger partial charge in [-0.05, 0) is 50.5 Å². The Morgan fingerprint density at radius 2 is 1.88 bits per heavy atom. The van der Waals surface area contributed by atoms with Crippen LogP contribution in [0.15, 0.2) is 18.2 Å². The maximum absolute atomic E-state index is 14.2. The lowest BCUT2D eigenvalue weighted by atomic mass is 9.77. The molecule has 2 aliphatic carbocycles. The molecular weight excluding hydrogens is 402 g/mol. The number of methoxy groups -OCH3 is 2. The van der Waals surface area contributed by atoms with Crippen molar-refractivity contribution in [1.29, 1.82) is 0 Å². The molecule has 5 rings (SSSR count). The molecule has 2 heterocycles. The van der Waals surface area contributed by atoms with Crippen LogP contribution in [0.5, 0.6) is 11.5 Å². The zero-order valence-corrected chi connectivity index (χ0v) is 19.7. The number of piperidine rings is 1. The first-order valence-corrected chi connectivity index (χ1v) is 12.7. The third-order valence-electron chi connectivity index (χ3n) is 8.26. The highest BCUT2D eigenvalue weighted by molar-refractivity contribution is 5.83. The van der Waals surface area contributed by atoms with Gasteiger partial charge in [0.1, 0.15) is 11.5 Å². The molecule has 0 bridgehead atoms. The third kappa shape index (κ3) is 4.36. The first kappa shape index (κ1) is 22.0. The molecule has 1 aromatic carbocycles. The fourth-order valence-corrected chi connectivity index (χ4v) is 6.26. The summed E-state index contributed by atoms with van der Waals surface area (Å²) in [4.78, 5) is 19.0. The van der Waals surface area contributed by atoms with Crippen LogP contribution in [0.2, 0.25) is 0 Å². The van der Waals surface area contributed by atoms with Gasteiger partial charge in [-0.3, -0.25) is 9.69 Å². The summed E-state index contributed by atoms with van der Waals surface area (Å²) in [5.74, 6) is 3.16. The second-order valence-corrected chi connectivity index (χ2v) is 10.2. The van der Waals surface area contributed by atoms with Crippen molar-refractivity contribution in [3.8, 4) is 11.5 Å². The summed E-state index contributed by atoms with van der Waals surface area (Å²) in [6.45, 7) is 3.59. The van der Waals surface area contributed by atoms with Crippen LogP contribution >= 0.6 is 0 Å². The molecule has 2 saturated heterocycles. The Hall–Kier alpha value is -1.79. The molecule has 1 aromatic rings. The minimum Gasteiger partial charge on any atom is -0.497 e. The molecule has 1 N–H and O–H groups in total. The predicted octanol–water partition coefficient (Wildman–Crippen LogP) is 3.44. The Labute approximate surface area is 192 Å². The largest absolute Gasteiger partial charge is 0.497 e. The van der Waals surface area contributed by atoms with Gasteiger partial charge in [0.15, 0.2) is 0 Å². The normalized spacial score (nSPS) is 26.9. The number of nitrogens with one attached hydrogen (secondary N) is 1. The number of ether oxygens (including phenoxy) is 2. The van der Waals surface area contributed by atoms with Gasteiger partial charge in [0.2, 0.25) is 5.91 Å². The van der Waals surface area contributed by atoms with Gasteiger partial charge in [-0.1, -0.05) is 18.9 Å². The number of carbonyl (C=O) groups excluding carboxylic acids is 1. The summed E-state index contributed by atoms with van der Waals surface area (Å²) in [7, 11) is 3.40. The van der Waals surface area contributed by atoms with E-state index in [9.17, 15) is 4.79 Å². The van der Waals surface area contributed by atoms with Gasteiger partial charge < -0.3 is 19.7 Å². The first-order chi connectivity index (χ1) is 15.7. The van der Waals surface area contributed by atoms with Crippen molar-refractivity contribution in [2.45, 2.75) is 76.0 Å². The fraction of sp³-hybridized carbons (Fsp3) is 0.731. The van der Waals surface area contributed by atoms with E-state index in [4.69, 9.17) is 9.47 Å². The zero-order valence-electron chi connectivity index (χ0n) is 19.7. The number of likely N-dealkylation sites (tertiary alicyclic amines) is 1. The van der Waals surface area contributed by atoms with Crippen molar-refractivity contribution in [2.24, 2.45) is 11.8 Å². The maximum atomic E-state index is 14.2. The average Bonchev–Trinajstić information content (AvgIpc) is 3.64. The Morgan fingerprint density at radius 3 is 2.56 bits per heavy atom. The van der Waals surface area contributed by atoms with Crippen molar-refractivity contribution < 1.29 is 14.3 Å². The summed E-state index contributed by atoms with van der Waals surface area (Å²) in [5.41, 5.74) is 1.14. The Balaban J connectivity index is 1.41. The van der Waals surface area contributed by atoms with E-state index in [1.807, 2.05) is 12.1 Å². The summed E-state index contributed by atoms with van der Waals surface area (Å²) < 4.78 is 11.1. The summed E-state index contributed by atoms with van der Waals surface area (Å²) in [6, 6.07) is 7.00. The average molecular weight is 442 g/mol. The SMILES string of the molecule is COc1ccc(CN(C2CC2)[C@@H](C(=O)N2CCC[C@H]3CCCC[C@@H]32)C2CNC2)c(OC)c1. The van der Waals surface area contributed by atoms with Gasteiger partial charge in [0, 0.05) is 55.8 Å². The lowest BCUT2D eigenvalue weighted by molar-refractivity contribution is -0.147. The lowest BCUT2D eigenvalue weighted by Crippen LogP contribution is -2.63. The molecule has 4 aliphatic rings. The molecule has 6 heteroatoms. The number of amides is 1. The summed E-state index contributed by atoms with van der Waals surface area (Å²) >= 11 is 0. The quantitative estimate of drug-likeness (QED) is 0.670. The molecule has 0 aromatic heterocycles. The number of benzene rings is 1. The topological polar surface area (TPSA) is 54.0 Å². The molecular formula is C26H39N3O3. The van der Waals surface area contributed by atoms with Gasteiger partial charge in [0.05, 0.1) is 20.3 Å². The second kappa shape index (κ2) is 9.60. The molecule has 0 radical (unpaired) electrons. The van der Waals surface area contributed by atoms with Crippen LogP contribution in [0.25, 0.3) is 0 Å². The lowest BCUT2D eigenvalue weighted by Gasteiger charge is -2.49. The molecule has 6 nitrogen and oxygen atoms in total. The van der Waals surface area contributed by atoms with Crippen LogP contribution in [0.4, 0.5) is 0 Å². The second-order valence-electron chi connectivity index (χ2n) is 10.2. The zero-order chi connectivity index (χ0) is 22.1. The van der Waals surface area contributed by atoms with E-state index in [0.29, 0.717) is 23.9 Å². The van der Waals surface area contributed by atoms with E-state index in [2.05, 4.69) is 21.2 Å². The van der Waals surface area contributed by atoms with Gasteiger partial charge in [-0.15, -0.1) is 0 Å². The standard InChI is InChI=1S/C26H39N3O3/c1-31-22-12-9-19(24(14-22)32-2)17-29(21-10-11-21)25(20-15-27-16-20)26(30)28-13-5-7-18-6-3-4-8-23(18)28/h9,12,14,18,20-21,23,25,27H,3-8,10-11,13,15-17H2,1-2H3/t18-,23+,25-/m1/s1. The van der Waals surface area contributed by atoms with Gasteiger partial charge in [-0.2, -0.15) is 0 Å². The molecule has 1 amide bonds. The minimum atomic E-state index is -0.0313. The van der Waals surface area contributed by atoms with E-state index < -0.39 is 0 Å². The first-order valence-electron chi connectivity index (χ1n) is 12.7. The molecule has 2 aliphatic heterocycles. The van der Waals surface area contributed by atoms with Gasteiger partial charge >= 0.3 is 0 Å².